The van der Waals surface area contributed by atoms with Crippen LogP contribution in [0.2, 0.25) is 0 Å². The van der Waals surface area contributed by atoms with Crippen LogP contribution in [0.25, 0.3) is 10.9 Å². The van der Waals surface area contributed by atoms with E-state index in [0.29, 0.717) is 11.3 Å². The molecule has 43 heavy (non-hydrogen) atoms. The minimum absolute atomic E-state index is 0.0524. The average Bonchev–Trinajstić information content (AvgIpc) is 2.92. The van der Waals surface area contributed by atoms with Gasteiger partial charge in [-0.25, -0.2) is 9.78 Å². The summed E-state index contributed by atoms with van der Waals surface area (Å²) in [7, 11) is 0. The van der Waals surface area contributed by atoms with Crippen LogP contribution >= 0.6 is 0 Å². The monoisotopic (exact) mass is 602 g/mol. The number of nitrogens with zero attached hydrogens (tertiary/aromatic N) is 5. The Balaban J connectivity index is 1.63. The number of pyridine rings is 1. The molecule has 0 spiro atoms. The Labute approximate surface area is 246 Å². The fourth-order valence-electron chi connectivity index (χ4n) is 5.14. The minimum atomic E-state index is -4.96. The number of hydrogen-bond acceptors (Lipinski definition) is 9. The number of aromatic nitrogens is 3. The quantitative estimate of drug-likeness (QED) is 0.393. The summed E-state index contributed by atoms with van der Waals surface area (Å²) in [5.74, 6) is -0.947. The molecule has 2 amide bonds. The first-order chi connectivity index (χ1) is 20.1. The Morgan fingerprint density at radius 3 is 2.49 bits per heavy atom. The van der Waals surface area contributed by atoms with Crippen LogP contribution in [0.4, 0.5) is 29.6 Å². The van der Waals surface area contributed by atoms with Gasteiger partial charge >= 0.3 is 18.3 Å². The van der Waals surface area contributed by atoms with Crippen molar-refractivity contribution in [2.45, 2.75) is 64.9 Å². The van der Waals surface area contributed by atoms with Crippen molar-refractivity contribution < 1.29 is 37.0 Å². The number of benzene rings is 1. The SMILES string of the molecule is C[C@H]1Nc2nc(nc3cnc(N4CCN(C(=O)OC(C)(C)C)C(C)(C)C4=O)c(C(F)(F)F)c23)OCCOc2ccccc21. The van der Waals surface area contributed by atoms with Crippen LogP contribution < -0.4 is 19.7 Å². The lowest BCUT2D eigenvalue weighted by atomic mass is 9.97. The maximum absolute atomic E-state index is 15.0. The first-order valence-corrected chi connectivity index (χ1v) is 13.8. The molecule has 2 aromatic heterocycles. The Bertz CT molecular complexity index is 1570. The lowest BCUT2D eigenvalue weighted by Crippen LogP contribution is -2.65. The van der Waals surface area contributed by atoms with Crippen molar-refractivity contribution in [2.24, 2.45) is 0 Å². The van der Waals surface area contributed by atoms with Crippen molar-refractivity contribution in [3.05, 3.63) is 41.6 Å². The number of fused-ring (bicyclic) bond motifs is 5. The van der Waals surface area contributed by atoms with E-state index in [2.05, 4.69) is 20.3 Å². The number of ether oxygens (including phenoxy) is 3. The van der Waals surface area contributed by atoms with Gasteiger partial charge < -0.3 is 19.5 Å². The number of anilines is 2. The first kappa shape index (κ1) is 30.1. The highest BCUT2D eigenvalue weighted by atomic mass is 19.4. The van der Waals surface area contributed by atoms with Gasteiger partial charge in [-0.1, -0.05) is 18.2 Å². The van der Waals surface area contributed by atoms with Gasteiger partial charge in [-0.05, 0) is 47.6 Å². The van der Waals surface area contributed by atoms with Gasteiger partial charge in [-0.3, -0.25) is 14.6 Å². The van der Waals surface area contributed by atoms with E-state index in [1.807, 2.05) is 0 Å². The second-order valence-corrected chi connectivity index (χ2v) is 11.8. The van der Waals surface area contributed by atoms with Gasteiger partial charge in [0, 0.05) is 18.7 Å². The zero-order valence-electron chi connectivity index (χ0n) is 24.7. The van der Waals surface area contributed by atoms with Crippen molar-refractivity contribution in [3.8, 4) is 11.8 Å². The number of alkyl halides is 3. The number of hydrogen-bond donors (Lipinski definition) is 1. The number of para-hydroxylation sites is 1. The molecule has 11 nitrogen and oxygen atoms in total. The van der Waals surface area contributed by atoms with Gasteiger partial charge in [0.25, 0.3) is 5.91 Å². The molecule has 1 atom stereocenters. The van der Waals surface area contributed by atoms with E-state index in [0.717, 1.165) is 11.1 Å². The number of amides is 2. The molecule has 4 heterocycles. The van der Waals surface area contributed by atoms with E-state index in [1.54, 1.807) is 52.0 Å². The zero-order chi connectivity index (χ0) is 31.3. The minimum Gasteiger partial charge on any atom is -0.490 e. The zero-order valence-corrected chi connectivity index (χ0v) is 24.7. The van der Waals surface area contributed by atoms with Crippen LogP contribution in [-0.4, -0.2) is 69.3 Å². The fourth-order valence-corrected chi connectivity index (χ4v) is 5.14. The third kappa shape index (κ3) is 5.82. The van der Waals surface area contributed by atoms with E-state index in [1.165, 1.54) is 18.7 Å². The van der Waals surface area contributed by atoms with Gasteiger partial charge in [-0.15, -0.1) is 0 Å². The Morgan fingerprint density at radius 1 is 1.09 bits per heavy atom. The second-order valence-electron chi connectivity index (χ2n) is 11.8. The van der Waals surface area contributed by atoms with E-state index < -0.39 is 46.7 Å². The number of carbonyl (C=O) groups is 2. The lowest BCUT2D eigenvalue weighted by molar-refractivity contribution is -0.137. The summed E-state index contributed by atoms with van der Waals surface area (Å²) in [5, 5.41) is 2.71. The molecule has 0 aliphatic carbocycles. The number of nitrogens with one attached hydrogen (secondary N) is 1. The summed E-state index contributed by atoms with van der Waals surface area (Å²) < 4.78 is 61.9. The molecule has 1 fully saturated rings. The number of piperazine rings is 1. The summed E-state index contributed by atoms with van der Waals surface area (Å²) in [6.45, 7) is 9.65. The van der Waals surface area contributed by atoms with Crippen LogP contribution in [0.1, 0.15) is 58.7 Å². The summed E-state index contributed by atoms with van der Waals surface area (Å²) in [6.07, 6.45) is -4.54. The van der Waals surface area contributed by atoms with Gasteiger partial charge in [0.05, 0.1) is 23.1 Å². The predicted octanol–water partition coefficient (Wildman–Crippen LogP) is 5.35. The summed E-state index contributed by atoms with van der Waals surface area (Å²) >= 11 is 0. The van der Waals surface area contributed by atoms with Crippen molar-refractivity contribution >= 4 is 34.5 Å². The van der Waals surface area contributed by atoms with Crippen LogP contribution in [0.3, 0.4) is 0 Å². The fraction of sp³-hybridized carbons (Fsp3) is 0.483. The molecule has 2 aliphatic rings. The molecule has 1 aromatic carbocycles. The largest absolute Gasteiger partial charge is 0.490 e. The van der Waals surface area contributed by atoms with Crippen molar-refractivity contribution in [3.63, 3.8) is 0 Å². The molecule has 1 saturated heterocycles. The molecule has 1 N–H and O–H groups in total. The van der Waals surface area contributed by atoms with Crippen molar-refractivity contribution in [2.75, 3.05) is 36.5 Å². The molecule has 2 aliphatic heterocycles. The number of rotatable bonds is 1. The summed E-state index contributed by atoms with van der Waals surface area (Å²) in [4.78, 5) is 41.4. The van der Waals surface area contributed by atoms with Gasteiger partial charge in [-0.2, -0.15) is 23.1 Å². The Morgan fingerprint density at radius 2 is 1.79 bits per heavy atom. The topological polar surface area (TPSA) is 119 Å². The first-order valence-electron chi connectivity index (χ1n) is 13.8. The predicted molar refractivity (Wildman–Crippen MR) is 151 cm³/mol. The molecule has 0 radical (unpaired) electrons. The van der Waals surface area contributed by atoms with Gasteiger partial charge in [0.1, 0.15) is 47.3 Å². The van der Waals surface area contributed by atoms with Crippen LogP contribution in [-0.2, 0) is 15.7 Å². The highest BCUT2D eigenvalue weighted by molar-refractivity contribution is 6.05. The standard InChI is InChI=1S/C29H33F3N6O5/c1-16-17-9-7-8-10-19(17)41-13-14-42-25-35-18-15-33-23(21(29(30,31)32)20(18)22(34-16)36-25)37-11-12-38(28(5,6)24(37)39)26(40)43-27(2,3)4/h7-10,15-16H,11-14H2,1-6H3,(H,34,35,36)/t16-/m1/s1. The molecular weight excluding hydrogens is 569 g/mol. The second kappa shape index (κ2) is 10.7. The highest BCUT2D eigenvalue weighted by Crippen LogP contribution is 2.44. The van der Waals surface area contributed by atoms with Crippen LogP contribution in [0, 0.1) is 0 Å². The van der Waals surface area contributed by atoms with Crippen LogP contribution in [0.5, 0.6) is 11.8 Å². The third-order valence-corrected chi connectivity index (χ3v) is 7.15. The van der Waals surface area contributed by atoms with Crippen LogP contribution in [0.15, 0.2) is 30.5 Å². The molecule has 230 valence electrons. The highest BCUT2D eigenvalue weighted by Gasteiger charge is 2.49. The normalized spacial score (nSPS) is 19.0. The smallest absolute Gasteiger partial charge is 0.420 e. The molecule has 0 unspecified atom stereocenters. The lowest BCUT2D eigenvalue weighted by Gasteiger charge is -2.45. The van der Waals surface area contributed by atoms with Crippen molar-refractivity contribution in [1.29, 1.82) is 0 Å². The molecule has 14 heteroatoms. The maximum atomic E-state index is 15.0. The summed E-state index contributed by atoms with van der Waals surface area (Å²) in [5.41, 5.74) is -2.95. The Kier molecular flexibility index (Phi) is 7.51. The molecule has 2 bridgehead atoms. The van der Waals surface area contributed by atoms with Gasteiger partial charge in [0.2, 0.25) is 0 Å². The molecule has 3 aromatic rings. The van der Waals surface area contributed by atoms with E-state index >= 15 is 13.2 Å². The number of carbonyl (C=O) groups excluding carboxylic acids is 2. The number of halogens is 3. The Hall–Kier alpha value is -4.36. The third-order valence-electron chi connectivity index (χ3n) is 7.15. The van der Waals surface area contributed by atoms with E-state index in [9.17, 15) is 9.59 Å². The van der Waals surface area contributed by atoms with E-state index in [-0.39, 0.29) is 49.0 Å². The van der Waals surface area contributed by atoms with E-state index in [4.69, 9.17) is 14.2 Å². The summed E-state index contributed by atoms with van der Waals surface area (Å²) in [6, 6.07) is 6.48. The molecule has 5 rings (SSSR count). The van der Waals surface area contributed by atoms with Gasteiger partial charge in [0.15, 0.2) is 0 Å². The maximum Gasteiger partial charge on any atom is 0.420 e. The average molecular weight is 603 g/mol. The van der Waals surface area contributed by atoms with Crippen molar-refractivity contribution in [1.82, 2.24) is 19.9 Å². The molecular formula is C29H33F3N6O5. The molecule has 0 saturated carbocycles.